The number of pyridine rings is 1. The summed E-state index contributed by atoms with van der Waals surface area (Å²) >= 11 is 0. The second-order valence-electron chi connectivity index (χ2n) is 4.89. The molecule has 126 valence electrons. The minimum atomic E-state index is -4.76. The van der Waals surface area contributed by atoms with Crippen LogP contribution in [0.5, 0.6) is 0 Å². The van der Waals surface area contributed by atoms with Crippen LogP contribution >= 0.6 is 0 Å². The highest BCUT2D eigenvalue weighted by Crippen LogP contribution is 2.34. The molecule has 5 nitrogen and oxygen atoms in total. The number of benzene rings is 1. The SMILES string of the molecule is N#Cc1ccc(Nc2ncc(-c3ccc(C(F)(F)F)c(F)c3)o2)cn1. The van der Waals surface area contributed by atoms with Crippen LogP contribution in [0, 0.1) is 17.1 Å². The lowest BCUT2D eigenvalue weighted by atomic mass is 10.1. The molecule has 0 radical (unpaired) electrons. The first-order valence-electron chi connectivity index (χ1n) is 6.83. The molecule has 0 bridgehead atoms. The number of aromatic nitrogens is 2. The van der Waals surface area contributed by atoms with E-state index in [1.165, 1.54) is 18.5 Å². The molecule has 0 aliphatic carbocycles. The normalized spacial score (nSPS) is 11.2. The number of halogens is 4. The van der Waals surface area contributed by atoms with Gasteiger partial charge in [-0.2, -0.15) is 18.4 Å². The number of hydrogen-bond acceptors (Lipinski definition) is 5. The molecule has 0 aliphatic heterocycles. The Labute approximate surface area is 138 Å². The third kappa shape index (κ3) is 3.58. The Morgan fingerprint density at radius 1 is 1.08 bits per heavy atom. The molecule has 1 N–H and O–H groups in total. The molecule has 0 aliphatic rings. The van der Waals surface area contributed by atoms with Crippen LogP contribution in [0.1, 0.15) is 11.3 Å². The predicted molar refractivity (Wildman–Crippen MR) is 79.1 cm³/mol. The molecular weight excluding hydrogens is 340 g/mol. The van der Waals surface area contributed by atoms with Crippen LogP contribution in [-0.2, 0) is 6.18 Å². The number of hydrogen-bond donors (Lipinski definition) is 1. The van der Waals surface area contributed by atoms with Crippen LogP contribution in [-0.4, -0.2) is 9.97 Å². The topological polar surface area (TPSA) is 74.7 Å². The summed E-state index contributed by atoms with van der Waals surface area (Å²) in [4.78, 5) is 7.77. The van der Waals surface area contributed by atoms with E-state index in [0.717, 1.165) is 12.1 Å². The van der Waals surface area contributed by atoms with Crippen LogP contribution in [0.2, 0.25) is 0 Å². The fourth-order valence-corrected chi connectivity index (χ4v) is 2.02. The Kier molecular flexibility index (Phi) is 4.10. The van der Waals surface area contributed by atoms with E-state index in [2.05, 4.69) is 15.3 Å². The molecule has 2 aromatic heterocycles. The maximum absolute atomic E-state index is 13.6. The van der Waals surface area contributed by atoms with Crippen molar-refractivity contribution < 1.29 is 22.0 Å². The van der Waals surface area contributed by atoms with Gasteiger partial charge in [0, 0.05) is 5.56 Å². The van der Waals surface area contributed by atoms with Gasteiger partial charge in [0.2, 0.25) is 0 Å². The van der Waals surface area contributed by atoms with Crippen molar-refractivity contribution in [3.8, 4) is 17.4 Å². The van der Waals surface area contributed by atoms with Gasteiger partial charge in [-0.05, 0) is 24.3 Å². The third-order valence-electron chi connectivity index (χ3n) is 3.19. The summed E-state index contributed by atoms with van der Waals surface area (Å²) in [5, 5.41) is 11.4. The quantitative estimate of drug-likeness (QED) is 0.705. The molecule has 25 heavy (non-hydrogen) atoms. The molecule has 3 rings (SSSR count). The molecule has 0 saturated heterocycles. The second-order valence-corrected chi connectivity index (χ2v) is 4.89. The van der Waals surface area contributed by atoms with Crippen molar-refractivity contribution >= 4 is 11.7 Å². The van der Waals surface area contributed by atoms with Crippen molar-refractivity contribution in [1.29, 1.82) is 5.26 Å². The molecule has 0 atom stereocenters. The fourth-order valence-electron chi connectivity index (χ4n) is 2.02. The van der Waals surface area contributed by atoms with Crippen molar-refractivity contribution in [3.63, 3.8) is 0 Å². The van der Waals surface area contributed by atoms with Gasteiger partial charge in [0.25, 0.3) is 6.01 Å². The Morgan fingerprint density at radius 2 is 1.88 bits per heavy atom. The smallest absolute Gasteiger partial charge is 0.419 e. The Bertz CT molecular complexity index is 942. The van der Waals surface area contributed by atoms with Crippen molar-refractivity contribution in [2.75, 3.05) is 5.32 Å². The monoisotopic (exact) mass is 348 g/mol. The Hall–Kier alpha value is -3.41. The van der Waals surface area contributed by atoms with Gasteiger partial charge in [-0.1, -0.05) is 6.07 Å². The van der Waals surface area contributed by atoms with Crippen LogP contribution in [0.15, 0.2) is 47.1 Å². The predicted octanol–water partition coefficient (Wildman–Crippen LogP) is 4.51. The van der Waals surface area contributed by atoms with E-state index < -0.39 is 17.6 Å². The van der Waals surface area contributed by atoms with E-state index in [9.17, 15) is 17.6 Å². The van der Waals surface area contributed by atoms with E-state index >= 15 is 0 Å². The lowest BCUT2D eigenvalue weighted by Gasteiger charge is -2.08. The van der Waals surface area contributed by atoms with E-state index in [-0.39, 0.29) is 23.0 Å². The van der Waals surface area contributed by atoms with Gasteiger partial charge in [0.1, 0.15) is 17.6 Å². The number of alkyl halides is 3. The Balaban J connectivity index is 1.81. The number of nitrogens with one attached hydrogen (secondary N) is 1. The lowest BCUT2D eigenvalue weighted by Crippen LogP contribution is -2.07. The van der Waals surface area contributed by atoms with Crippen LogP contribution in [0.3, 0.4) is 0 Å². The minimum absolute atomic E-state index is 0.0433. The molecule has 2 heterocycles. The van der Waals surface area contributed by atoms with Crippen molar-refractivity contribution in [2.45, 2.75) is 6.18 Å². The molecular formula is C16H8F4N4O. The summed E-state index contributed by atoms with van der Waals surface area (Å²) in [7, 11) is 0. The van der Waals surface area contributed by atoms with Gasteiger partial charge in [-0.25, -0.2) is 14.4 Å². The first kappa shape index (κ1) is 16.4. The molecule has 0 spiro atoms. The summed E-state index contributed by atoms with van der Waals surface area (Å²) in [6, 6.07) is 7.45. The number of nitriles is 1. The maximum Gasteiger partial charge on any atom is 0.419 e. The highest BCUT2D eigenvalue weighted by molar-refractivity contribution is 5.60. The lowest BCUT2D eigenvalue weighted by molar-refractivity contribution is -0.139. The second kappa shape index (κ2) is 6.24. The highest BCUT2D eigenvalue weighted by atomic mass is 19.4. The molecule has 3 aromatic rings. The van der Waals surface area contributed by atoms with Crippen LogP contribution in [0.4, 0.5) is 29.3 Å². The molecule has 0 amide bonds. The average Bonchev–Trinajstić information content (AvgIpc) is 3.03. The summed E-state index contributed by atoms with van der Waals surface area (Å²) in [5.74, 6) is -1.30. The average molecular weight is 348 g/mol. The van der Waals surface area contributed by atoms with Crippen molar-refractivity contribution in [2.24, 2.45) is 0 Å². The summed E-state index contributed by atoms with van der Waals surface area (Å²) in [5.41, 5.74) is -0.508. The number of anilines is 2. The van der Waals surface area contributed by atoms with Gasteiger partial charge in [0.05, 0.1) is 23.6 Å². The first-order chi connectivity index (χ1) is 11.9. The first-order valence-corrected chi connectivity index (χ1v) is 6.83. The number of nitrogens with zero attached hydrogens (tertiary/aromatic N) is 3. The van der Waals surface area contributed by atoms with E-state index in [1.807, 2.05) is 6.07 Å². The maximum atomic E-state index is 13.6. The van der Waals surface area contributed by atoms with Crippen LogP contribution in [0.25, 0.3) is 11.3 Å². The highest BCUT2D eigenvalue weighted by Gasteiger charge is 2.34. The van der Waals surface area contributed by atoms with Gasteiger partial charge >= 0.3 is 6.18 Å². The number of rotatable bonds is 3. The van der Waals surface area contributed by atoms with E-state index in [1.54, 1.807) is 6.07 Å². The zero-order valence-electron chi connectivity index (χ0n) is 12.3. The molecule has 0 fully saturated rings. The summed E-state index contributed by atoms with van der Waals surface area (Å²) in [6.07, 6.45) is -2.12. The Morgan fingerprint density at radius 3 is 2.48 bits per heavy atom. The van der Waals surface area contributed by atoms with E-state index in [0.29, 0.717) is 11.8 Å². The van der Waals surface area contributed by atoms with Gasteiger partial charge in [-0.3, -0.25) is 0 Å². The summed E-state index contributed by atoms with van der Waals surface area (Å²) in [6.45, 7) is 0. The van der Waals surface area contributed by atoms with E-state index in [4.69, 9.17) is 9.68 Å². The summed E-state index contributed by atoms with van der Waals surface area (Å²) < 4.78 is 56.7. The van der Waals surface area contributed by atoms with Gasteiger partial charge < -0.3 is 9.73 Å². The fraction of sp³-hybridized carbons (Fsp3) is 0.0625. The largest absolute Gasteiger partial charge is 0.423 e. The standard InChI is InChI=1S/C16H8F4N4O/c17-13-5-9(1-4-12(13)16(18,19)20)14-8-23-15(25-14)24-11-3-2-10(6-21)22-7-11/h1-5,7-8H,(H,23,24). The zero-order valence-corrected chi connectivity index (χ0v) is 12.3. The van der Waals surface area contributed by atoms with Gasteiger partial charge in [0.15, 0.2) is 5.76 Å². The van der Waals surface area contributed by atoms with Gasteiger partial charge in [-0.15, -0.1) is 0 Å². The third-order valence-corrected chi connectivity index (χ3v) is 3.19. The van der Waals surface area contributed by atoms with Crippen LogP contribution < -0.4 is 5.32 Å². The van der Waals surface area contributed by atoms with Crippen molar-refractivity contribution in [1.82, 2.24) is 9.97 Å². The molecule has 9 heteroatoms. The minimum Gasteiger partial charge on any atom is -0.423 e. The number of oxazole rings is 1. The van der Waals surface area contributed by atoms with Crippen molar-refractivity contribution in [3.05, 3.63) is 59.8 Å². The molecule has 0 saturated carbocycles. The molecule has 1 aromatic carbocycles. The molecule has 0 unspecified atom stereocenters. The zero-order chi connectivity index (χ0) is 18.0.